The van der Waals surface area contributed by atoms with Crippen LogP contribution in [0.3, 0.4) is 0 Å². The Balaban J connectivity index is 0.000000696. The monoisotopic (exact) mass is 502 g/mol. The zero-order valence-corrected chi connectivity index (χ0v) is 16.2. The molecule has 0 aromatic carbocycles. The van der Waals surface area contributed by atoms with E-state index in [0.717, 1.165) is 0 Å². The van der Waals surface area contributed by atoms with Crippen LogP contribution in [0.2, 0.25) is 0 Å². The van der Waals surface area contributed by atoms with E-state index in [4.69, 9.17) is 32.1 Å². The number of aliphatic hydroxyl groups is 8. The third kappa shape index (κ3) is 5.86. The third-order valence-corrected chi connectivity index (χ3v) is 4.78. The van der Waals surface area contributed by atoms with Gasteiger partial charge in [0.2, 0.25) is 5.79 Å². The first-order valence-corrected chi connectivity index (χ1v) is 9.43. The van der Waals surface area contributed by atoms with E-state index < -0.39 is 105 Å². The van der Waals surface area contributed by atoms with Crippen LogP contribution in [-0.2, 0) is 55.2 Å². The molecule has 0 unspecified atom stereocenters. The van der Waals surface area contributed by atoms with Gasteiger partial charge >= 0.3 is 41.0 Å². The van der Waals surface area contributed by atoms with Gasteiger partial charge in [-0.1, -0.05) is 0 Å². The van der Waals surface area contributed by atoms with E-state index >= 15 is 0 Å². The van der Waals surface area contributed by atoms with E-state index in [-0.39, 0.29) is 0 Å². The molecule has 0 bridgehead atoms. The Morgan fingerprint density at radius 3 is 1.79 bits per heavy atom. The molecule has 170 valence electrons. The summed E-state index contributed by atoms with van der Waals surface area (Å²) in [5, 5.41) is 76.7. The average molecular weight is 502 g/mol. The van der Waals surface area contributed by atoms with E-state index in [0.29, 0.717) is 0 Å². The minimum atomic E-state index is -2.22. The van der Waals surface area contributed by atoms with Crippen LogP contribution in [0.5, 0.6) is 0 Å². The Morgan fingerprint density at radius 2 is 1.39 bits per heavy atom. The Bertz CT molecular complexity index is 491. The normalized spacial score (nSPS) is 43.4. The van der Waals surface area contributed by atoms with Gasteiger partial charge < -0.3 is 55.1 Å². The quantitative estimate of drug-likeness (QED) is 0.152. The Kier molecular flexibility index (Phi) is 11.3. The molecule has 0 spiro atoms. The Morgan fingerprint density at radius 1 is 0.821 bits per heavy atom. The zero-order valence-electron chi connectivity index (χ0n) is 14.0. The predicted octanol–water partition coefficient (Wildman–Crippen LogP) is -5.71. The van der Waals surface area contributed by atoms with Crippen molar-refractivity contribution in [1.82, 2.24) is 0 Å². The maximum absolute atomic E-state index is 10.00. The molecular weight excluding hydrogens is 480 g/mol. The van der Waals surface area contributed by atoms with E-state index in [2.05, 4.69) is 2.90 Å². The van der Waals surface area contributed by atoms with Crippen molar-refractivity contribution >= 4 is 0 Å². The number of hydrogen-bond donors (Lipinski definition) is 8. The molecule has 0 saturated carbocycles. The van der Waals surface area contributed by atoms with Crippen molar-refractivity contribution in [2.75, 3.05) is 19.8 Å². The van der Waals surface area contributed by atoms with E-state index in [1.54, 1.807) is 0 Å². The molecule has 2 saturated heterocycles. The van der Waals surface area contributed by atoms with Gasteiger partial charge in [-0.05, 0) is 0 Å². The second-order valence-corrected chi connectivity index (χ2v) is 6.91. The van der Waals surface area contributed by atoms with Crippen molar-refractivity contribution in [1.29, 1.82) is 0 Å². The molecule has 9 atom stereocenters. The average Bonchev–Trinajstić information content (AvgIpc) is 2.94. The molecule has 2 fully saturated rings. The van der Waals surface area contributed by atoms with Crippen LogP contribution in [0.1, 0.15) is 0 Å². The van der Waals surface area contributed by atoms with Crippen molar-refractivity contribution in [3.63, 3.8) is 0 Å². The molecule has 16 heteroatoms. The fourth-order valence-electron chi connectivity index (χ4n) is 2.64. The zero-order chi connectivity index (χ0) is 21.5. The van der Waals surface area contributed by atoms with Gasteiger partial charge in [0, 0.05) is 0 Å². The molecule has 0 amide bonds. The van der Waals surface area contributed by atoms with E-state index in [1.807, 2.05) is 0 Å². The summed E-state index contributed by atoms with van der Waals surface area (Å²) in [5.74, 6) is -2.22. The molecule has 2 heterocycles. The third-order valence-electron chi connectivity index (χ3n) is 4.11. The number of ether oxygens (including phenoxy) is 3. The van der Waals surface area contributed by atoms with Crippen molar-refractivity contribution in [2.45, 2.75) is 54.8 Å². The van der Waals surface area contributed by atoms with Gasteiger partial charge in [0.1, 0.15) is 49.3 Å². The van der Waals surface area contributed by atoms with Crippen LogP contribution in [0.15, 0.2) is 0 Å². The molecule has 28 heavy (non-hydrogen) atoms. The first-order chi connectivity index (χ1) is 13.2. The van der Waals surface area contributed by atoms with Crippen LogP contribution in [-0.4, -0.2) is 115 Å². The number of hydrogen-bond acceptors (Lipinski definition) is 14. The van der Waals surface area contributed by atoms with Gasteiger partial charge in [-0.15, -0.1) is 0 Å². The van der Waals surface area contributed by atoms with Crippen LogP contribution >= 0.6 is 0 Å². The maximum atomic E-state index is 10.00. The molecule has 0 aliphatic carbocycles. The minimum absolute atomic E-state index is 0.669. The number of aliphatic hydroxyl groups excluding tert-OH is 8. The summed E-state index contributed by atoms with van der Waals surface area (Å²) >= 11 is -1.44. The molecule has 0 radical (unpaired) electrons. The summed E-state index contributed by atoms with van der Waals surface area (Å²) in [6.45, 7) is -2.32. The predicted molar refractivity (Wildman–Crippen MR) is 71.1 cm³/mol. The molecule has 0 aromatic heterocycles. The van der Waals surface area contributed by atoms with Crippen LogP contribution in [0, 0.1) is 0 Å². The molecule has 2 rings (SSSR count). The SMILES string of the molecule is OC[C@H]1O[C@@](CO)(O[C@H]2O[C@H](CO)[C@@H](O)[C@H](O)[C@H]2O)[C@@H](O)[C@@H]1O.[O]=[Fe][O][Fe]=[O]. The summed E-state index contributed by atoms with van der Waals surface area (Å²) in [4.78, 5) is 0. The molecule has 2 aliphatic rings. The van der Waals surface area contributed by atoms with Crippen molar-refractivity contribution in [3.05, 3.63) is 0 Å². The second-order valence-electron chi connectivity index (χ2n) is 5.73. The van der Waals surface area contributed by atoms with Gasteiger partial charge in [0.05, 0.1) is 13.2 Å². The van der Waals surface area contributed by atoms with Crippen LogP contribution < -0.4 is 0 Å². The summed E-state index contributed by atoms with van der Waals surface area (Å²) in [5.41, 5.74) is 0. The van der Waals surface area contributed by atoms with Crippen molar-refractivity contribution < 1.29 is 96.1 Å². The fraction of sp³-hybridized carbons (Fsp3) is 1.00. The van der Waals surface area contributed by atoms with Gasteiger partial charge in [0.15, 0.2) is 6.29 Å². The summed E-state index contributed by atoms with van der Waals surface area (Å²) in [7, 11) is 0. The topological polar surface area (TPSA) is 233 Å². The van der Waals surface area contributed by atoms with E-state index in [9.17, 15) is 30.6 Å². The van der Waals surface area contributed by atoms with Crippen molar-refractivity contribution in [2.24, 2.45) is 0 Å². The first kappa shape index (κ1) is 26.2. The molecule has 8 N–H and O–H groups in total. The van der Waals surface area contributed by atoms with Crippen LogP contribution in [0.4, 0.5) is 0 Å². The second kappa shape index (κ2) is 12.1. The number of rotatable bonds is 7. The summed E-state index contributed by atoms with van der Waals surface area (Å²) in [6.07, 6.45) is -12.7. The standard InChI is InChI=1S/C12H22O11.2Fe.3O/c13-1-4-6(16)8(18)9(19)11(21-4)23-12(3-15)10(20)7(17)5(2-14)22-12;;;;;/h4-11,13-20H,1-3H2;;;;;/t4-,5-,6-,7-,8+,9-,10+,11-,12+;;;;;/m1...../s1. The van der Waals surface area contributed by atoms with Gasteiger partial charge in [0.25, 0.3) is 0 Å². The van der Waals surface area contributed by atoms with E-state index in [1.165, 1.54) is 0 Å². The van der Waals surface area contributed by atoms with Crippen molar-refractivity contribution in [3.8, 4) is 0 Å². The first-order valence-electron chi connectivity index (χ1n) is 7.63. The Labute approximate surface area is 171 Å². The van der Waals surface area contributed by atoms with Crippen LogP contribution in [0.25, 0.3) is 0 Å². The van der Waals surface area contributed by atoms with Gasteiger partial charge in [-0.2, -0.15) is 0 Å². The Hall–Kier alpha value is 0.159. The molecule has 0 aromatic rings. The summed E-state index contributed by atoms with van der Waals surface area (Å²) < 4.78 is 37.4. The fourth-order valence-corrected chi connectivity index (χ4v) is 2.78. The molecule has 2 aliphatic heterocycles. The van der Waals surface area contributed by atoms with Gasteiger partial charge in [-0.3, -0.25) is 0 Å². The van der Waals surface area contributed by atoms with Gasteiger partial charge in [-0.25, -0.2) is 0 Å². The molecule has 14 nitrogen and oxygen atoms in total. The summed E-state index contributed by atoms with van der Waals surface area (Å²) in [6, 6.07) is 0. The molecular formula is C12H22Fe2O14.